The molecular weight excluding hydrogens is 399 g/mol. The van der Waals surface area contributed by atoms with Crippen LogP contribution < -0.4 is 4.90 Å². The third-order valence-corrected chi connectivity index (χ3v) is 5.48. The van der Waals surface area contributed by atoms with Crippen LogP contribution >= 0.6 is 0 Å². The second kappa shape index (κ2) is 6.82. The number of likely N-dealkylation sites (tertiary alicyclic amines) is 1. The molecular formula is C20H16F3N5O2. The van der Waals surface area contributed by atoms with Gasteiger partial charge in [0.1, 0.15) is 5.82 Å². The lowest BCUT2D eigenvalue weighted by Crippen LogP contribution is -2.49. The smallest absolute Gasteiger partial charge is 0.350 e. The van der Waals surface area contributed by atoms with Gasteiger partial charge in [-0.2, -0.15) is 18.2 Å². The number of aromatic nitrogens is 3. The Bertz CT molecular complexity index is 1090. The van der Waals surface area contributed by atoms with Crippen LogP contribution in [0.2, 0.25) is 0 Å². The van der Waals surface area contributed by atoms with Crippen LogP contribution in [0, 0.1) is 0 Å². The summed E-state index contributed by atoms with van der Waals surface area (Å²) in [5.74, 6) is -0.886. The van der Waals surface area contributed by atoms with E-state index >= 15 is 0 Å². The maximum absolute atomic E-state index is 13.1. The first kappa shape index (κ1) is 18.6. The van der Waals surface area contributed by atoms with E-state index in [-0.39, 0.29) is 23.8 Å². The van der Waals surface area contributed by atoms with Crippen LogP contribution in [-0.2, 0) is 6.18 Å². The molecule has 0 radical (unpaired) electrons. The summed E-state index contributed by atoms with van der Waals surface area (Å²) < 4.78 is 42.4. The van der Waals surface area contributed by atoms with Crippen molar-refractivity contribution >= 4 is 11.7 Å². The number of hydrogen-bond donors (Lipinski definition) is 0. The molecule has 1 aromatic carbocycles. The van der Waals surface area contributed by atoms with Crippen molar-refractivity contribution in [1.29, 1.82) is 0 Å². The zero-order chi connectivity index (χ0) is 20.9. The van der Waals surface area contributed by atoms with E-state index in [4.69, 9.17) is 0 Å². The fraction of sp³-hybridized carbons (Fsp3) is 0.300. The van der Waals surface area contributed by atoms with Gasteiger partial charge < -0.3 is 14.3 Å². The summed E-state index contributed by atoms with van der Waals surface area (Å²) >= 11 is 0. The molecule has 0 aliphatic carbocycles. The van der Waals surface area contributed by atoms with Crippen molar-refractivity contribution in [2.75, 3.05) is 18.0 Å². The average Bonchev–Trinajstić information content (AvgIpc) is 3.49. The van der Waals surface area contributed by atoms with Gasteiger partial charge in [0.05, 0.1) is 12.1 Å². The van der Waals surface area contributed by atoms with Crippen molar-refractivity contribution in [1.82, 2.24) is 20.0 Å². The van der Waals surface area contributed by atoms with E-state index in [1.807, 2.05) is 23.1 Å². The van der Waals surface area contributed by atoms with E-state index in [0.29, 0.717) is 24.2 Å². The molecule has 2 bridgehead atoms. The summed E-state index contributed by atoms with van der Waals surface area (Å²) in [6.45, 7) is 1.28. The summed E-state index contributed by atoms with van der Waals surface area (Å²) in [4.78, 5) is 24.9. The SMILES string of the molecule is O=C(c1cccc(-c2noc(C(F)(F)F)n2)c1)N1C[C@@H]2C[C@H]1CN2c1ccccn1. The second-order valence-electron chi connectivity index (χ2n) is 7.34. The van der Waals surface area contributed by atoms with Crippen molar-refractivity contribution in [3.63, 3.8) is 0 Å². The number of piperazine rings is 1. The molecule has 5 rings (SSSR count). The molecule has 2 aliphatic heterocycles. The number of halogens is 3. The van der Waals surface area contributed by atoms with Crippen LogP contribution in [0.15, 0.2) is 53.2 Å². The zero-order valence-corrected chi connectivity index (χ0v) is 15.6. The summed E-state index contributed by atoms with van der Waals surface area (Å²) in [6.07, 6.45) is -2.10. The lowest BCUT2D eigenvalue weighted by Gasteiger charge is -2.35. The third-order valence-electron chi connectivity index (χ3n) is 5.48. The van der Waals surface area contributed by atoms with E-state index in [1.165, 1.54) is 6.07 Å². The van der Waals surface area contributed by atoms with Gasteiger partial charge in [-0.1, -0.05) is 23.4 Å². The highest BCUT2D eigenvalue weighted by molar-refractivity contribution is 5.96. The van der Waals surface area contributed by atoms with Gasteiger partial charge >= 0.3 is 12.1 Å². The third kappa shape index (κ3) is 3.17. The van der Waals surface area contributed by atoms with Gasteiger partial charge in [-0.15, -0.1) is 0 Å². The standard InChI is InChI=1S/C20H16F3N5O2/c21-20(22,23)19-25-17(26-30-19)12-4-3-5-13(8-12)18(29)28-11-14-9-15(28)10-27(14)16-6-1-2-7-24-16/h1-8,14-15H,9-11H2/t14-,15-/m0/s1. The van der Waals surface area contributed by atoms with Gasteiger partial charge in [0.2, 0.25) is 5.82 Å². The normalized spacial score (nSPS) is 20.8. The number of rotatable bonds is 3. The molecule has 2 aliphatic rings. The van der Waals surface area contributed by atoms with Crippen LogP contribution in [-0.4, -0.2) is 51.1 Å². The van der Waals surface area contributed by atoms with Crippen LogP contribution in [0.3, 0.4) is 0 Å². The Balaban J connectivity index is 1.34. The molecule has 30 heavy (non-hydrogen) atoms. The minimum absolute atomic E-state index is 0.0650. The van der Waals surface area contributed by atoms with E-state index in [0.717, 1.165) is 12.2 Å². The van der Waals surface area contributed by atoms with Gasteiger partial charge in [-0.3, -0.25) is 4.79 Å². The summed E-state index contributed by atoms with van der Waals surface area (Å²) in [5, 5.41) is 3.39. The van der Waals surface area contributed by atoms with Gasteiger partial charge in [0, 0.05) is 30.4 Å². The lowest BCUT2D eigenvalue weighted by molar-refractivity contribution is -0.159. The number of amides is 1. The largest absolute Gasteiger partial charge is 0.471 e. The van der Waals surface area contributed by atoms with Crippen LogP contribution in [0.1, 0.15) is 22.7 Å². The Morgan fingerprint density at radius 1 is 1.10 bits per heavy atom. The highest BCUT2D eigenvalue weighted by Gasteiger charge is 2.46. The number of benzene rings is 1. The number of anilines is 1. The van der Waals surface area contributed by atoms with Gasteiger partial charge in [0.25, 0.3) is 5.91 Å². The fourth-order valence-corrected chi connectivity index (χ4v) is 4.13. The number of fused-ring (bicyclic) bond motifs is 2. The number of alkyl halides is 3. The fourth-order valence-electron chi connectivity index (χ4n) is 4.13. The molecule has 10 heteroatoms. The summed E-state index contributed by atoms with van der Waals surface area (Å²) in [6, 6.07) is 12.3. The second-order valence-corrected chi connectivity index (χ2v) is 7.34. The molecule has 0 saturated carbocycles. The van der Waals surface area contributed by atoms with E-state index in [2.05, 4.69) is 24.5 Å². The molecule has 2 saturated heterocycles. The van der Waals surface area contributed by atoms with Crippen molar-refractivity contribution in [2.24, 2.45) is 0 Å². The van der Waals surface area contributed by atoms with Crippen molar-refractivity contribution in [2.45, 2.75) is 24.7 Å². The Kier molecular flexibility index (Phi) is 4.23. The Morgan fingerprint density at radius 3 is 2.63 bits per heavy atom. The maximum atomic E-state index is 13.1. The first-order valence-electron chi connectivity index (χ1n) is 9.40. The molecule has 154 valence electrons. The Hall–Kier alpha value is -3.43. The molecule has 3 aromatic rings. The first-order chi connectivity index (χ1) is 14.4. The van der Waals surface area contributed by atoms with Crippen molar-refractivity contribution < 1.29 is 22.5 Å². The zero-order valence-electron chi connectivity index (χ0n) is 15.6. The highest BCUT2D eigenvalue weighted by Crippen LogP contribution is 2.35. The van der Waals surface area contributed by atoms with Crippen molar-refractivity contribution in [3.05, 3.63) is 60.1 Å². The van der Waals surface area contributed by atoms with Gasteiger partial charge in [0.15, 0.2) is 0 Å². The topological polar surface area (TPSA) is 75.4 Å². The lowest BCUT2D eigenvalue weighted by atomic mass is 10.1. The van der Waals surface area contributed by atoms with E-state index in [9.17, 15) is 18.0 Å². The predicted octanol–water partition coefficient (Wildman–Crippen LogP) is 3.25. The Morgan fingerprint density at radius 2 is 1.97 bits per heavy atom. The molecule has 2 atom stereocenters. The number of carbonyl (C=O) groups excluding carboxylic acids is 1. The molecule has 4 heterocycles. The van der Waals surface area contributed by atoms with Gasteiger partial charge in [-0.05, 0) is 30.7 Å². The molecule has 0 N–H and O–H groups in total. The number of hydrogen-bond acceptors (Lipinski definition) is 6. The van der Waals surface area contributed by atoms with Crippen LogP contribution in [0.25, 0.3) is 11.4 Å². The molecule has 7 nitrogen and oxygen atoms in total. The molecule has 1 amide bonds. The quantitative estimate of drug-likeness (QED) is 0.654. The van der Waals surface area contributed by atoms with E-state index < -0.39 is 12.1 Å². The number of nitrogens with zero attached hydrogens (tertiary/aromatic N) is 5. The predicted molar refractivity (Wildman–Crippen MR) is 99.5 cm³/mol. The molecule has 2 fully saturated rings. The van der Waals surface area contributed by atoms with E-state index in [1.54, 1.807) is 24.4 Å². The minimum Gasteiger partial charge on any atom is -0.350 e. The first-order valence-corrected chi connectivity index (χ1v) is 9.40. The monoisotopic (exact) mass is 415 g/mol. The number of pyridine rings is 1. The number of carbonyl (C=O) groups is 1. The summed E-state index contributed by atoms with van der Waals surface area (Å²) in [5.41, 5.74) is 0.669. The van der Waals surface area contributed by atoms with Gasteiger partial charge in [-0.25, -0.2) is 4.98 Å². The summed E-state index contributed by atoms with van der Waals surface area (Å²) in [7, 11) is 0. The molecule has 2 aromatic heterocycles. The minimum atomic E-state index is -4.72. The van der Waals surface area contributed by atoms with Crippen molar-refractivity contribution in [3.8, 4) is 11.4 Å². The van der Waals surface area contributed by atoms with Crippen LogP contribution in [0.5, 0.6) is 0 Å². The highest BCUT2D eigenvalue weighted by atomic mass is 19.4. The molecule has 0 unspecified atom stereocenters. The Labute approximate surface area is 169 Å². The van der Waals surface area contributed by atoms with Crippen LogP contribution in [0.4, 0.5) is 19.0 Å². The molecule has 0 spiro atoms. The maximum Gasteiger partial charge on any atom is 0.471 e. The average molecular weight is 415 g/mol.